The first-order valence-corrected chi connectivity index (χ1v) is 4.88. The van der Waals surface area contributed by atoms with Crippen LogP contribution < -0.4 is 11.1 Å². The van der Waals surface area contributed by atoms with E-state index in [4.69, 9.17) is 5.73 Å². The lowest BCUT2D eigenvalue weighted by atomic mass is 10.2. The van der Waals surface area contributed by atoms with Gasteiger partial charge in [0.25, 0.3) is 0 Å². The number of hydrogen-bond acceptors (Lipinski definition) is 3. The van der Waals surface area contributed by atoms with E-state index in [0.717, 1.165) is 12.0 Å². The summed E-state index contributed by atoms with van der Waals surface area (Å²) in [6, 6.07) is -0.560. The normalized spacial score (nSPS) is 12.1. The number of aromatic amines is 1. The molecule has 1 heterocycles. The van der Waals surface area contributed by atoms with Crippen LogP contribution in [0.25, 0.3) is 0 Å². The van der Waals surface area contributed by atoms with Gasteiger partial charge < -0.3 is 11.1 Å². The summed E-state index contributed by atoms with van der Waals surface area (Å²) in [5.41, 5.74) is 6.59. The summed E-state index contributed by atoms with van der Waals surface area (Å²) in [6.07, 6.45) is 4.58. The van der Waals surface area contributed by atoms with E-state index in [0.29, 0.717) is 12.2 Å². The third-order valence-corrected chi connectivity index (χ3v) is 2.10. The molecule has 0 aliphatic rings. The molecule has 82 valence electrons. The van der Waals surface area contributed by atoms with Crippen molar-refractivity contribution in [2.75, 3.05) is 5.32 Å². The molecule has 1 unspecified atom stereocenters. The third-order valence-electron chi connectivity index (χ3n) is 2.10. The van der Waals surface area contributed by atoms with Crippen molar-refractivity contribution < 1.29 is 4.79 Å². The second kappa shape index (κ2) is 5.31. The van der Waals surface area contributed by atoms with Gasteiger partial charge in [0.2, 0.25) is 5.91 Å². The summed E-state index contributed by atoms with van der Waals surface area (Å²) in [5, 5.41) is 9.27. The summed E-state index contributed by atoms with van der Waals surface area (Å²) >= 11 is 0. The van der Waals surface area contributed by atoms with Crippen LogP contribution in [0.5, 0.6) is 0 Å². The fraction of sp³-hybridized carbons (Fsp3) is 0.400. The minimum absolute atomic E-state index is 0.228. The van der Waals surface area contributed by atoms with Crippen molar-refractivity contribution in [2.24, 2.45) is 5.73 Å². The molecule has 0 spiro atoms. The van der Waals surface area contributed by atoms with Crippen LogP contribution in [0.15, 0.2) is 18.9 Å². The van der Waals surface area contributed by atoms with Gasteiger partial charge in [0.1, 0.15) is 5.82 Å². The maximum atomic E-state index is 11.5. The van der Waals surface area contributed by atoms with E-state index in [9.17, 15) is 4.79 Å². The summed E-state index contributed by atoms with van der Waals surface area (Å²) in [7, 11) is 0. The van der Waals surface area contributed by atoms with Crippen LogP contribution in [-0.2, 0) is 11.2 Å². The average Bonchev–Trinajstić information content (AvgIpc) is 2.65. The fourth-order valence-corrected chi connectivity index (χ4v) is 1.19. The number of amides is 1. The lowest BCUT2D eigenvalue weighted by molar-refractivity contribution is -0.117. The van der Waals surface area contributed by atoms with Crippen molar-refractivity contribution in [1.82, 2.24) is 10.2 Å². The Balaban J connectivity index is 2.61. The van der Waals surface area contributed by atoms with Crippen molar-refractivity contribution in [3.63, 3.8) is 0 Å². The van der Waals surface area contributed by atoms with Gasteiger partial charge in [0.05, 0.1) is 12.2 Å². The van der Waals surface area contributed by atoms with Crippen LogP contribution in [0.2, 0.25) is 0 Å². The van der Waals surface area contributed by atoms with E-state index >= 15 is 0 Å². The van der Waals surface area contributed by atoms with Crippen molar-refractivity contribution in [2.45, 2.75) is 25.8 Å². The molecule has 1 aromatic heterocycles. The molecule has 0 radical (unpaired) electrons. The fourth-order valence-electron chi connectivity index (χ4n) is 1.19. The number of aromatic nitrogens is 2. The van der Waals surface area contributed by atoms with Gasteiger partial charge in [0.15, 0.2) is 0 Å². The Morgan fingerprint density at radius 1 is 1.87 bits per heavy atom. The van der Waals surface area contributed by atoms with E-state index in [-0.39, 0.29) is 5.91 Å². The predicted octanol–water partition coefficient (Wildman–Crippen LogP) is 0.814. The molecule has 5 heteroatoms. The van der Waals surface area contributed by atoms with E-state index < -0.39 is 6.04 Å². The highest BCUT2D eigenvalue weighted by Gasteiger charge is 2.13. The second-order valence-corrected chi connectivity index (χ2v) is 3.24. The van der Waals surface area contributed by atoms with Crippen LogP contribution in [0.3, 0.4) is 0 Å². The van der Waals surface area contributed by atoms with E-state index in [1.54, 1.807) is 12.3 Å². The molecule has 0 aliphatic carbocycles. The zero-order chi connectivity index (χ0) is 11.3. The number of hydrogen-bond donors (Lipinski definition) is 3. The number of nitrogens with two attached hydrogens (primary N) is 1. The SMILES string of the molecule is C=CCC(N)C(=O)Nc1[nH]ncc1CC. The van der Waals surface area contributed by atoms with Crippen LogP contribution >= 0.6 is 0 Å². The molecule has 0 saturated carbocycles. The van der Waals surface area contributed by atoms with Gasteiger partial charge in [-0.15, -0.1) is 6.58 Å². The molecular formula is C10H16N4O. The molecule has 0 aliphatic heterocycles. The van der Waals surface area contributed by atoms with Crippen molar-refractivity contribution >= 4 is 11.7 Å². The first-order valence-electron chi connectivity index (χ1n) is 4.88. The number of aryl methyl sites for hydroxylation is 1. The molecule has 1 atom stereocenters. The molecule has 0 fully saturated rings. The lowest BCUT2D eigenvalue weighted by Crippen LogP contribution is -2.35. The summed E-state index contributed by atoms with van der Waals surface area (Å²) in [4.78, 5) is 11.5. The Kier molecular flexibility index (Phi) is 4.05. The van der Waals surface area contributed by atoms with Crippen LogP contribution in [0.4, 0.5) is 5.82 Å². The Morgan fingerprint density at radius 3 is 3.20 bits per heavy atom. The van der Waals surface area contributed by atoms with Crippen LogP contribution in [0.1, 0.15) is 18.9 Å². The molecule has 1 amide bonds. The van der Waals surface area contributed by atoms with Gasteiger partial charge in [-0.25, -0.2) is 0 Å². The lowest BCUT2D eigenvalue weighted by Gasteiger charge is -2.09. The number of carbonyl (C=O) groups excluding carboxylic acids is 1. The molecule has 0 bridgehead atoms. The molecule has 1 rings (SSSR count). The minimum atomic E-state index is -0.560. The number of rotatable bonds is 5. The monoisotopic (exact) mass is 208 g/mol. The van der Waals surface area contributed by atoms with Gasteiger partial charge in [-0.05, 0) is 12.8 Å². The predicted molar refractivity (Wildman–Crippen MR) is 59.4 cm³/mol. The topological polar surface area (TPSA) is 83.8 Å². The number of anilines is 1. The standard InChI is InChI=1S/C10H16N4O/c1-3-5-8(11)10(15)13-9-7(4-2)6-12-14-9/h3,6,8H,1,4-5,11H2,2H3,(H2,12,13,14,15). The highest BCUT2D eigenvalue weighted by atomic mass is 16.2. The number of carbonyl (C=O) groups is 1. The zero-order valence-electron chi connectivity index (χ0n) is 8.79. The van der Waals surface area contributed by atoms with Crippen LogP contribution in [0, 0.1) is 0 Å². The van der Waals surface area contributed by atoms with Gasteiger partial charge in [-0.2, -0.15) is 5.10 Å². The molecule has 0 saturated heterocycles. The van der Waals surface area contributed by atoms with E-state index in [2.05, 4.69) is 22.1 Å². The Hall–Kier alpha value is -1.62. The molecule has 0 aromatic carbocycles. The van der Waals surface area contributed by atoms with Gasteiger partial charge in [-0.3, -0.25) is 9.89 Å². The van der Waals surface area contributed by atoms with E-state index in [1.807, 2.05) is 6.92 Å². The first-order chi connectivity index (χ1) is 7.19. The minimum Gasteiger partial charge on any atom is -0.320 e. The molecular weight excluding hydrogens is 192 g/mol. The Bertz CT molecular complexity index is 345. The van der Waals surface area contributed by atoms with Gasteiger partial charge in [-0.1, -0.05) is 13.0 Å². The summed E-state index contributed by atoms with van der Waals surface area (Å²) in [6.45, 7) is 5.52. The molecule has 15 heavy (non-hydrogen) atoms. The first kappa shape index (κ1) is 11.5. The number of nitrogens with one attached hydrogen (secondary N) is 2. The highest BCUT2D eigenvalue weighted by Crippen LogP contribution is 2.11. The van der Waals surface area contributed by atoms with Crippen LogP contribution in [-0.4, -0.2) is 22.1 Å². The zero-order valence-corrected chi connectivity index (χ0v) is 8.79. The highest BCUT2D eigenvalue weighted by molar-refractivity contribution is 5.94. The largest absolute Gasteiger partial charge is 0.320 e. The Morgan fingerprint density at radius 2 is 2.60 bits per heavy atom. The van der Waals surface area contributed by atoms with E-state index in [1.165, 1.54) is 0 Å². The van der Waals surface area contributed by atoms with Gasteiger partial charge >= 0.3 is 0 Å². The quantitative estimate of drug-likeness (QED) is 0.626. The summed E-state index contributed by atoms with van der Waals surface area (Å²) in [5.74, 6) is 0.399. The second-order valence-electron chi connectivity index (χ2n) is 3.24. The number of H-pyrrole nitrogens is 1. The Labute approximate surface area is 88.7 Å². The maximum Gasteiger partial charge on any atom is 0.242 e. The van der Waals surface area contributed by atoms with Crippen molar-refractivity contribution in [1.29, 1.82) is 0 Å². The third kappa shape index (κ3) is 2.92. The molecule has 4 N–H and O–H groups in total. The molecule has 5 nitrogen and oxygen atoms in total. The molecule has 1 aromatic rings. The smallest absolute Gasteiger partial charge is 0.242 e. The summed E-state index contributed by atoms with van der Waals surface area (Å²) < 4.78 is 0. The van der Waals surface area contributed by atoms with Crippen molar-refractivity contribution in [3.8, 4) is 0 Å². The van der Waals surface area contributed by atoms with Gasteiger partial charge in [0, 0.05) is 5.56 Å². The average molecular weight is 208 g/mol. The number of nitrogens with zero attached hydrogens (tertiary/aromatic N) is 1. The maximum absolute atomic E-state index is 11.5. The van der Waals surface area contributed by atoms with Crippen molar-refractivity contribution in [3.05, 3.63) is 24.4 Å².